The molecule has 0 unspecified atom stereocenters. The van der Waals surface area contributed by atoms with Crippen LogP contribution in [-0.4, -0.2) is 26.2 Å². The molecule has 0 saturated carbocycles. The molecule has 4 N–H and O–H groups in total. The van der Waals surface area contributed by atoms with Crippen LogP contribution >= 0.6 is 11.6 Å². The molecule has 0 fully saturated rings. The molecule has 5 nitrogen and oxygen atoms in total. The average molecular weight is 265 g/mol. The summed E-state index contributed by atoms with van der Waals surface area (Å²) >= 11 is 5.66. The van der Waals surface area contributed by atoms with Gasteiger partial charge in [0.15, 0.2) is 0 Å². The number of hydrogen-bond acceptors (Lipinski definition) is 4. The topological polar surface area (TPSA) is 92.4 Å². The van der Waals surface area contributed by atoms with Gasteiger partial charge < -0.3 is 10.8 Å². The Labute approximate surface area is 99.3 Å². The molecule has 1 aromatic carbocycles. The fraction of sp³-hybridized carbons (Fsp3) is 0.333. The summed E-state index contributed by atoms with van der Waals surface area (Å²) in [5, 5.41) is 9.15. The van der Waals surface area contributed by atoms with Gasteiger partial charge >= 0.3 is 0 Å². The number of nitrogens with one attached hydrogen (secondary N) is 1. The third kappa shape index (κ3) is 3.08. The molecule has 16 heavy (non-hydrogen) atoms. The lowest BCUT2D eigenvalue weighted by atomic mass is 10.3. The van der Waals surface area contributed by atoms with Gasteiger partial charge in [-0.3, -0.25) is 0 Å². The van der Waals surface area contributed by atoms with E-state index in [9.17, 15) is 8.42 Å². The van der Waals surface area contributed by atoms with Crippen molar-refractivity contribution in [1.29, 1.82) is 0 Å². The van der Waals surface area contributed by atoms with Crippen molar-refractivity contribution in [3.8, 4) is 0 Å². The van der Waals surface area contributed by atoms with Crippen LogP contribution in [0.1, 0.15) is 6.92 Å². The summed E-state index contributed by atoms with van der Waals surface area (Å²) in [5.41, 5.74) is 5.63. The van der Waals surface area contributed by atoms with Crippen molar-refractivity contribution in [2.75, 3.05) is 12.3 Å². The van der Waals surface area contributed by atoms with Gasteiger partial charge in [0.1, 0.15) is 4.90 Å². The molecule has 90 valence electrons. The van der Waals surface area contributed by atoms with Gasteiger partial charge in [-0.05, 0) is 25.1 Å². The Morgan fingerprint density at radius 1 is 1.56 bits per heavy atom. The predicted octanol–water partition coefficient (Wildman–Crippen LogP) is 0.581. The largest absolute Gasteiger partial charge is 0.398 e. The maximum atomic E-state index is 11.8. The monoisotopic (exact) mass is 264 g/mol. The summed E-state index contributed by atoms with van der Waals surface area (Å²) in [7, 11) is -3.71. The molecule has 0 aliphatic heterocycles. The number of aliphatic hydroxyl groups excluding tert-OH is 1. The number of anilines is 1. The molecule has 0 aliphatic carbocycles. The number of aliphatic hydroxyl groups is 1. The zero-order valence-corrected chi connectivity index (χ0v) is 10.2. The van der Waals surface area contributed by atoms with Gasteiger partial charge in [-0.25, -0.2) is 13.1 Å². The quantitative estimate of drug-likeness (QED) is 0.694. The number of nitrogens with two attached hydrogens (primary N) is 1. The molecule has 0 radical (unpaired) electrons. The van der Waals surface area contributed by atoms with Crippen LogP contribution in [0.4, 0.5) is 5.69 Å². The second-order valence-corrected chi connectivity index (χ2v) is 5.51. The smallest absolute Gasteiger partial charge is 0.242 e. The van der Waals surface area contributed by atoms with E-state index in [1.54, 1.807) is 6.92 Å². The zero-order chi connectivity index (χ0) is 12.3. The zero-order valence-electron chi connectivity index (χ0n) is 8.64. The van der Waals surface area contributed by atoms with Crippen molar-refractivity contribution in [2.24, 2.45) is 0 Å². The average Bonchev–Trinajstić information content (AvgIpc) is 2.16. The van der Waals surface area contributed by atoms with Crippen molar-refractivity contribution >= 4 is 27.3 Å². The molecule has 0 aromatic heterocycles. The van der Waals surface area contributed by atoms with E-state index >= 15 is 0 Å². The maximum absolute atomic E-state index is 11.8. The van der Waals surface area contributed by atoms with E-state index in [4.69, 9.17) is 22.4 Å². The first-order chi connectivity index (χ1) is 7.36. The Bertz CT molecular complexity index is 476. The number of sulfonamides is 1. The number of nitrogen functional groups attached to an aromatic ring is 1. The van der Waals surface area contributed by atoms with E-state index < -0.39 is 16.1 Å². The third-order valence-corrected chi connectivity index (χ3v) is 3.79. The highest BCUT2D eigenvalue weighted by Gasteiger charge is 2.19. The molecule has 0 saturated heterocycles. The van der Waals surface area contributed by atoms with Crippen molar-refractivity contribution in [3.63, 3.8) is 0 Å². The number of benzene rings is 1. The Morgan fingerprint density at radius 2 is 2.19 bits per heavy atom. The van der Waals surface area contributed by atoms with Gasteiger partial charge in [-0.2, -0.15) is 0 Å². The first kappa shape index (κ1) is 13.2. The van der Waals surface area contributed by atoms with Crippen molar-refractivity contribution in [3.05, 3.63) is 23.2 Å². The second-order valence-electron chi connectivity index (χ2n) is 3.39. The van der Waals surface area contributed by atoms with Crippen LogP contribution in [-0.2, 0) is 10.0 Å². The molecule has 1 rings (SSSR count). The Hall–Kier alpha value is -0.820. The van der Waals surface area contributed by atoms with Crippen molar-refractivity contribution < 1.29 is 13.5 Å². The van der Waals surface area contributed by atoms with E-state index in [0.29, 0.717) is 5.02 Å². The van der Waals surface area contributed by atoms with Gasteiger partial charge in [-0.15, -0.1) is 0 Å². The Morgan fingerprint density at radius 3 is 2.69 bits per heavy atom. The van der Waals surface area contributed by atoms with E-state index in [2.05, 4.69) is 4.72 Å². The normalized spacial score (nSPS) is 13.7. The van der Waals surface area contributed by atoms with Crippen molar-refractivity contribution in [2.45, 2.75) is 17.9 Å². The van der Waals surface area contributed by atoms with Crippen LogP contribution in [0.3, 0.4) is 0 Å². The summed E-state index contributed by atoms with van der Waals surface area (Å²) in [6, 6.07) is 3.56. The molecule has 1 aromatic rings. The molecule has 0 spiro atoms. The Kier molecular flexibility index (Phi) is 4.15. The molecular weight excluding hydrogens is 252 g/mol. The molecular formula is C9H13ClN2O3S. The lowest BCUT2D eigenvalue weighted by Crippen LogP contribution is -2.35. The number of halogens is 1. The fourth-order valence-corrected chi connectivity index (χ4v) is 2.66. The molecule has 0 bridgehead atoms. The minimum atomic E-state index is -3.71. The van der Waals surface area contributed by atoms with E-state index in [1.165, 1.54) is 18.2 Å². The SMILES string of the molecule is C[C@@H](CO)NS(=O)(=O)c1ccc(Cl)cc1N. The molecule has 1 atom stereocenters. The highest BCUT2D eigenvalue weighted by molar-refractivity contribution is 7.89. The van der Waals surface area contributed by atoms with Gasteiger partial charge in [0, 0.05) is 11.1 Å². The van der Waals surface area contributed by atoms with Crippen LogP contribution in [0.25, 0.3) is 0 Å². The highest BCUT2D eigenvalue weighted by Crippen LogP contribution is 2.22. The summed E-state index contributed by atoms with van der Waals surface area (Å²) < 4.78 is 25.9. The first-order valence-electron chi connectivity index (χ1n) is 4.55. The Balaban J connectivity index is 3.08. The number of hydrogen-bond donors (Lipinski definition) is 3. The van der Waals surface area contributed by atoms with Crippen LogP contribution in [0.2, 0.25) is 5.02 Å². The van der Waals surface area contributed by atoms with Crippen LogP contribution < -0.4 is 10.5 Å². The van der Waals surface area contributed by atoms with Crippen molar-refractivity contribution in [1.82, 2.24) is 4.72 Å². The predicted molar refractivity (Wildman–Crippen MR) is 62.7 cm³/mol. The minimum Gasteiger partial charge on any atom is -0.398 e. The molecule has 0 aliphatic rings. The third-order valence-electron chi connectivity index (χ3n) is 1.89. The van der Waals surface area contributed by atoms with Gasteiger partial charge in [0.05, 0.1) is 12.3 Å². The van der Waals surface area contributed by atoms with Gasteiger partial charge in [0.2, 0.25) is 10.0 Å². The summed E-state index contributed by atoms with van der Waals surface area (Å²) in [5.74, 6) is 0. The minimum absolute atomic E-state index is 0.0443. The standard InChI is InChI=1S/C9H13ClN2O3S/c1-6(5-13)12-16(14,15)9-3-2-7(10)4-8(9)11/h2-4,6,12-13H,5,11H2,1H3/t6-/m0/s1. The second kappa shape index (κ2) is 5.01. The maximum Gasteiger partial charge on any atom is 0.242 e. The molecule has 7 heteroatoms. The molecule has 0 heterocycles. The van der Waals surface area contributed by atoms with E-state index in [1.807, 2.05) is 0 Å². The summed E-state index contributed by atoms with van der Waals surface area (Å²) in [6.07, 6.45) is 0. The van der Waals surface area contributed by atoms with Crippen LogP contribution in [0, 0.1) is 0 Å². The first-order valence-corrected chi connectivity index (χ1v) is 6.41. The van der Waals surface area contributed by atoms with Crippen LogP contribution in [0.5, 0.6) is 0 Å². The number of rotatable bonds is 4. The lowest BCUT2D eigenvalue weighted by Gasteiger charge is -2.13. The van der Waals surface area contributed by atoms with Crippen LogP contribution in [0.15, 0.2) is 23.1 Å². The van der Waals surface area contributed by atoms with Gasteiger partial charge in [-0.1, -0.05) is 11.6 Å². The van der Waals surface area contributed by atoms with E-state index in [-0.39, 0.29) is 17.2 Å². The fourth-order valence-electron chi connectivity index (χ4n) is 1.13. The highest BCUT2D eigenvalue weighted by atomic mass is 35.5. The van der Waals surface area contributed by atoms with Gasteiger partial charge in [0.25, 0.3) is 0 Å². The van der Waals surface area contributed by atoms with E-state index in [0.717, 1.165) is 0 Å². The molecule has 0 amide bonds. The lowest BCUT2D eigenvalue weighted by molar-refractivity contribution is 0.265. The summed E-state index contributed by atoms with van der Waals surface area (Å²) in [6.45, 7) is 1.26. The summed E-state index contributed by atoms with van der Waals surface area (Å²) in [4.78, 5) is -0.0443.